The molecule has 2 fully saturated rings. The molecule has 0 aliphatic carbocycles. The molecule has 0 atom stereocenters. The molecule has 2 heterocycles. The number of ether oxygens (including phenoxy) is 2. The Labute approximate surface area is 127 Å². The predicted molar refractivity (Wildman–Crippen MR) is 81.7 cm³/mol. The van der Waals surface area contributed by atoms with Crippen LogP contribution in [-0.4, -0.2) is 74.3 Å². The van der Waals surface area contributed by atoms with Crippen molar-refractivity contribution in [1.29, 1.82) is 0 Å². The van der Waals surface area contributed by atoms with Gasteiger partial charge in [-0.3, -0.25) is 0 Å². The molecule has 21 heavy (non-hydrogen) atoms. The van der Waals surface area contributed by atoms with Crippen LogP contribution < -0.4 is 0 Å². The van der Waals surface area contributed by atoms with Crippen LogP contribution in [0.2, 0.25) is 0 Å². The maximum Gasteiger partial charge on any atom is 0.435 e. The Kier molecular flexibility index (Phi) is 5.99. The SMILES string of the molecule is CC(C)/C(=N/C(=O)OC1CCN(C)CC1)N1CCOCC1. The van der Waals surface area contributed by atoms with Crippen molar-refractivity contribution in [3.8, 4) is 0 Å². The molecule has 2 aliphatic rings. The average molecular weight is 297 g/mol. The molecular formula is C15H27N3O3. The van der Waals surface area contributed by atoms with Gasteiger partial charge in [0.2, 0.25) is 0 Å². The Morgan fingerprint density at radius 1 is 1.19 bits per heavy atom. The predicted octanol–water partition coefficient (Wildman–Crippen LogP) is 1.60. The molecule has 2 saturated heterocycles. The van der Waals surface area contributed by atoms with Crippen molar-refractivity contribution in [3.63, 3.8) is 0 Å². The van der Waals surface area contributed by atoms with E-state index in [2.05, 4.69) is 35.7 Å². The zero-order valence-electron chi connectivity index (χ0n) is 13.4. The van der Waals surface area contributed by atoms with E-state index in [-0.39, 0.29) is 12.0 Å². The number of rotatable bonds is 2. The molecule has 1 amide bonds. The zero-order chi connectivity index (χ0) is 15.2. The molecule has 0 saturated carbocycles. The van der Waals surface area contributed by atoms with Gasteiger partial charge in [0, 0.05) is 32.1 Å². The molecule has 0 N–H and O–H groups in total. The van der Waals surface area contributed by atoms with Gasteiger partial charge in [0.15, 0.2) is 0 Å². The number of likely N-dealkylation sites (tertiary alicyclic amines) is 1. The van der Waals surface area contributed by atoms with E-state index >= 15 is 0 Å². The maximum absolute atomic E-state index is 12.1. The number of amidine groups is 1. The van der Waals surface area contributed by atoms with Crippen molar-refractivity contribution in [2.75, 3.05) is 46.4 Å². The molecule has 6 nitrogen and oxygen atoms in total. The summed E-state index contributed by atoms with van der Waals surface area (Å²) in [5, 5.41) is 0. The summed E-state index contributed by atoms with van der Waals surface area (Å²) in [6.07, 6.45) is 1.36. The van der Waals surface area contributed by atoms with Crippen LogP contribution in [0.5, 0.6) is 0 Å². The van der Waals surface area contributed by atoms with E-state index in [0.717, 1.165) is 44.9 Å². The molecular weight excluding hydrogens is 270 g/mol. The Bertz CT molecular complexity index is 370. The Morgan fingerprint density at radius 3 is 2.38 bits per heavy atom. The van der Waals surface area contributed by atoms with Crippen LogP contribution in [0, 0.1) is 5.92 Å². The second-order valence-electron chi connectivity index (χ2n) is 6.11. The first-order valence-electron chi connectivity index (χ1n) is 7.86. The fraction of sp³-hybridized carbons (Fsp3) is 0.867. The van der Waals surface area contributed by atoms with E-state index in [1.807, 2.05) is 0 Å². The number of piperidine rings is 1. The van der Waals surface area contributed by atoms with Gasteiger partial charge in [0.05, 0.1) is 13.2 Å². The van der Waals surface area contributed by atoms with Crippen molar-refractivity contribution >= 4 is 11.9 Å². The number of nitrogens with zero attached hydrogens (tertiary/aromatic N) is 3. The van der Waals surface area contributed by atoms with Crippen LogP contribution in [0.1, 0.15) is 26.7 Å². The summed E-state index contributed by atoms with van der Waals surface area (Å²) in [6.45, 7) is 9.02. The lowest BCUT2D eigenvalue weighted by molar-refractivity contribution is 0.0597. The average Bonchev–Trinajstić information content (AvgIpc) is 2.48. The summed E-state index contributed by atoms with van der Waals surface area (Å²) in [5.74, 6) is 1.02. The van der Waals surface area contributed by atoms with Crippen molar-refractivity contribution in [3.05, 3.63) is 0 Å². The normalized spacial score (nSPS) is 22.7. The first kappa shape index (κ1) is 16.2. The van der Waals surface area contributed by atoms with Crippen molar-refractivity contribution in [2.24, 2.45) is 10.9 Å². The molecule has 2 rings (SSSR count). The number of carbonyl (C=O) groups excluding carboxylic acids is 1. The zero-order valence-corrected chi connectivity index (χ0v) is 13.4. The quantitative estimate of drug-likeness (QED) is 0.572. The second-order valence-corrected chi connectivity index (χ2v) is 6.11. The molecule has 2 aliphatic heterocycles. The van der Waals surface area contributed by atoms with Crippen LogP contribution >= 0.6 is 0 Å². The van der Waals surface area contributed by atoms with E-state index in [1.54, 1.807) is 0 Å². The van der Waals surface area contributed by atoms with Crippen molar-refractivity contribution in [2.45, 2.75) is 32.8 Å². The number of amides is 1. The largest absolute Gasteiger partial charge is 0.444 e. The van der Waals surface area contributed by atoms with E-state index in [1.165, 1.54) is 0 Å². The molecule has 0 unspecified atom stereocenters. The first-order chi connectivity index (χ1) is 10.1. The fourth-order valence-electron chi connectivity index (χ4n) is 2.72. The minimum absolute atomic E-state index is 0.00977. The van der Waals surface area contributed by atoms with Crippen LogP contribution in [-0.2, 0) is 9.47 Å². The maximum atomic E-state index is 12.1. The van der Waals surface area contributed by atoms with Gasteiger partial charge >= 0.3 is 6.09 Å². The summed E-state index contributed by atoms with van der Waals surface area (Å²) >= 11 is 0. The molecule has 0 aromatic carbocycles. The smallest absolute Gasteiger partial charge is 0.435 e. The lowest BCUT2D eigenvalue weighted by Crippen LogP contribution is -2.43. The van der Waals surface area contributed by atoms with Crippen LogP contribution in [0.4, 0.5) is 4.79 Å². The van der Waals surface area contributed by atoms with Gasteiger partial charge in [-0.05, 0) is 19.9 Å². The van der Waals surface area contributed by atoms with Gasteiger partial charge in [-0.2, -0.15) is 4.99 Å². The molecule has 0 spiro atoms. The molecule has 0 aromatic heterocycles. The molecule has 0 aromatic rings. The molecule has 0 radical (unpaired) electrons. The highest BCUT2D eigenvalue weighted by Gasteiger charge is 2.23. The summed E-state index contributed by atoms with van der Waals surface area (Å²) in [4.78, 5) is 20.7. The van der Waals surface area contributed by atoms with E-state index in [4.69, 9.17) is 9.47 Å². The Hall–Kier alpha value is -1.14. The minimum atomic E-state index is -0.445. The number of morpholine rings is 1. The van der Waals surface area contributed by atoms with Crippen molar-refractivity contribution < 1.29 is 14.3 Å². The van der Waals surface area contributed by atoms with Gasteiger partial charge in [-0.1, -0.05) is 13.8 Å². The lowest BCUT2D eigenvalue weighted by atomic mass is 10.1. The van der Waals surface area contributed by atoms with Gasteiger partial charge in [-0.25, -0.2) is 4.79 Å². The Morgan fingerprint density at radius 2 is 1.81 bits per heavy atom. The van der Waals surface area contributed by atoms with Crippen LogP contribution in [0.3, 0.4) is 0 Å². The Balaban J connectivity index is 1.92. The number of hydrogen-bond acceptors (Lipinski definition) is 4. The van der Waals surface area contributed by atoms with Crippen LogP contribution in [0.15, 0.2) is 4.99 Å². The lowest BCUT2D eigenvalue weighted by Gasteiger charge is -2.32. The van der Waals surface area contributed by atoms with Crippen molar-refractivity contribution in [1.82, 2.24) is 9.80 Å². The number of hydrogen-bond donors (Lipinski definition) is 0. The minimum Gasteiger partial charge on any atom is -0.444 e. The highest BCUT2D eigenvalue weighted by Crippen LogP contribution is 2.14. The monoisotopic (exact) mass is 297 g/mol. The summed E-state index contributed by atoms with van der Waals surface area (Å²) in [7, 11) is 2.09. The van der Waals surface area contributed by atoms with Gasteiger partial charge < -0.3 is 19.3 Å². The number of carbonyl (C=O) groups is 1. The van der Waals surface area contributed by atoms with Crippen LogP contribution in [0.25, 0.3) is 0 Å². The second kappa shape index (κ2) is 7.75. The van der Waals surface area contributed by atoms with E-state index in [0.29, 0.717) is 13.2 Å². The summed E-state index contributed by atoms with van der Waals surface area (Å²) in [6, 6.07) is 0. The standard InChI is InChI=1S/C15H27N3O3/c1-12(2)14(18-8-10-20-11-9-18)16-15(19)21-13-4-6-17(3)7-5-13/h12-13H,4-11H2,1-3H3/b16-14-. The molecule has 0 bridgehead atoms. The van der Waals surface area contributed by atoms with Gasteiger partial charge in [-0.15, -0.1) is 0 Å². The first-order valence-corrected chi connectivity index (χ1v) is 7.86. The molecule has 120 valence electrons. The third-order valence-corrected chi connectivity index (χ3v) is 3.99. The third kappa shape index (κ3) is 4.97. The highest BCUT2D eigenvalue weighted by atomic mass is 16.6. The van der Waals surface area contributed by atoms with E-state index in [9.17, 15) is 4.79 Å². The number of aliphatic imine (C=N–C) groups is 1. The fourth-order valence-corrected chi connectivity index (χ4v) is 2.72. The van der Waals surface area contributed by atoms with E-state index < -0.39 is 6.09 Å². The molecule has 6 heteroatoms. The van der Waals surface area contributed by atoms with Gasteiger partial charge in [0.25, 0.3) is 0 Å². The van der Waals surface area contributed by atoms with Gasteiger partial charge in [0.1, 0.15) is 11.9 Å². The topological polar surface area (TPSA) is 54.4 Å². The third-order valence-electron chi connectivity index (χ3n) is 3.99. The highest BCUT2D eigenvalue weighted by molar-refractivity contribution is 5.93. The summed E-state index contributed by atoms with van der Waals surface area (Å²) in [5.41, 5.74) is 0. The summed E-state index contributed by atoms with van der Waals surface area (Å²) < 4.78 is 10.8.